The normalized spacial score (nSPS) is 27.5. The quantitative estimate of drug-likeness (QED) is 0.702. The molecule has 76 valence electrons. The Labute approximate surface area is 82.3 Å². The van der Waals surface area contributed by atoms with Gasteiger partial charge in [0, 0.05) is 12.1 Å². The van der Waals surface area contributed by atoms with Crippen molar-refractivity contribution in [1.82, 2.24) is 5.32 Å². The summed E-state index contributed by atoms with van der Waals surface area (Å²) in [5, 5.41) is 3.70. The smallest absolute Gasteiger partial charge is 0.00706 e. The highest BCUT2D eigenvalue weighted by Crippen LogP contribution is 2.28. The van der Waals surface area contributed by atoms with E-state index < -0.39 is 0 Å². The van der Waals surface area contributed by atoms with Gasteiger partial charge in [0.2, 0.25) is 0 Å². The predicted molar refractivity (Wildman–Crippen MR) is 56.8 cm³/mol. The SMILES string of the molecule is CC(CC1CCCCC1)NC1CC1. The van der Waals surface area contributed by atoms with Gasteiger partial charge in [0.15, 0.2) is 0 Å². The van der Waals surface area contributed by atoms with Crippen LogP contribution < -0.4 is 5.32 Å². The van der Waals surface area contributed by atoms with Crippen LogP contribution in [0.25, 0.3) is 0 Å². The molecule has 2 aliphatic carbocycles. The van der Waals surface area contributed by atoms with Crippen LogP contribution in [0, 0.1) is 5.92 Å². The molecular weight excluding hydrogens is 158 g/mol. The van der Waals surface area contributed by atoms with Crippen molar-refractivity contribution in [3.8, 4) is 0 Å². The molecule has 1 nitrogen and oxygen atoms in total. The fourth-order valence-corrected chi connectivity index (χ4v) is 2.64. The largest absolute Gasteiger partial charge is 0.311 e. The molecule has 1 N–H and O–H groups in total. The summed E-state index contributed by atoms with van der Waals surface area (Å²) < 4.78 is 0. The first-order valence-corrected chi connectivity index (χ1v) is 6.10. The first-order chi connectivity index (χ1) is 6.34. The highest BCUT2D eigenvalue weighted by atomic mass is 15.0. The molecule has 2 saturated carbocycles. The Hall–Kier alpha value is -0.0400. The van der Waals surface area contributed by atoms with Crippen LogP contribution in [0.1, 0.15) is 58.3 Å². The van der Waals surface area contributed by atoms with Gasteiger partial charge in [-0.1, -0.05) is 32.1 Å². The summed E-state index contributed by atoms with van der Waals surface area (Å²) in [6.45, 7) is 2.37. The van der Waals surface area contributed by atoms with Crippen molar-refractivity contribution in [1.29, 1.82) is 0 Å². The zero-order chi connectivity index (χ0) is 9.10. The Morgan fingerprint density at radius 1 is 1.08 bits per heavy atom. The minimum Gasteiger partial charge on any atom is -0.311 e. The maximum atomic E-state index is 3.70. The van der Waals surface area contributed by atoms with E-state index in [-0.39, 0.29) is 0 Å². The van der Waals surface area contributed by atoms with Crippen molar-refractivity contribution < 1.29 is 0 Å². The molecule has 0 aromatic heterocycles. The van der Waals surface area contributed by atoms with Gasteiger partial charge in [0.25, 0.3) is 0 Å². The van der Waals surface area contributed by atoms with Crippen molar-refractivity contribution in [3.05, 3.63) is 0 Å². The highest BCUT2D eigenvalue weighted by molar-refractivity contribution is 4.84. The van der Waals surface area contributed by atoms with Gasteiger partial charge in [-0.25, -0.2) is 0 Å². The van der Waals surface area contributed by atoms with Gasteiger partial charge in [-0.3, -0.25) is 0 Å². The third-order valence-electron chi connectivity index (χ3n) is 3.51. The van der Waals surface area contributed by atoms with E-state index in [1.807, 2.05) is 0 Å². The molecule has 0 aromatic carbocycles. The van der Waals surface area contributed by atoms with Crippen LogP contribution in [0.15, 0.2) is 0 Å². The van der Waals surface area contributed by atoms with Gasteiger partial charge in [-0.2, -0.15) is 0 Å². The van der Waals surface area contributed by atoms with Crippen molar-refractivity contribution in [2.75, 3.05) is 0 Å². The fourth-order valence-electron chi connectivity index (χ4n) is 2.64. The van der Waals surface area contributed by atoms with Gasteiger partial charge in [-0.05, 0) is 32.1 Å². The summed E-state index contributed by atoms with van der Waals surface area (Å²) in [5.41, 5.74) is 0. The highest BCUT2D eigenvalue weighted by Gasteiger charge is 2.24. The summed E-state index contributed by atoms with van der Waals surface area (Å²) in [6, 6.07) is 1.66. The summed E-state index contributed by atoms with van der Waals surface area (Å²) in [6.07, 6.45) is 11.7. The van der Waals surface area contributed by atoms with Crippen LogP contribution in [0.2, 0.25) is 0 Å². The van der Waals surface area contributed by atoms with E-state index in [9.17, 15) is 0 Å². The summed E-state index contributed by atoms with van der Waals surface area (Å²) in [4.78, 5) is 0. The molecule has 2 rings (SSSR count). The van der Waals surface area contributed by atoms with Gasteiger partial charge in [0.1, 0.15) is 0 Å². The minimum atomic E-state index is 0.774. The lowest BCUT2D eigenvalue weighted by molar-refractivity contribution is 0.304. The standard InChI is InChI=1S/C12H23N/c1-10(13-12-7-8-12)9-11-5-3-2-4-6-11/h10-13H,2-9H2,1H3. The molecule has 2 fully saturated rings. The zero-order valence-corrected chi connectivity index (χ0v) is 8.89. The van der Waals surface area contributed by atoms with E-state index in [0.717, 1.165) is 18.0 Å². The van der Waals surface area contributed by atoms with Crippen LogP contribution in [0.3, 0.4) is 0 Å². The molecule has 0 aliphatic heterocycles. The van der Waals surface area contributed by atoms with Crippen LogP contribution in [-0.2, 0) is 0 Å². The molecule has 1 atom stereocenters. The second-order valence-corrected chi connectivity index (χ2v) is 5.08. The van der Waals surface area contributed by atoms with E-state index in [2.05, 4.69) is 12.2 Å². The van der Waals surface area contributed by atoms with Crippen molar-refractivity contribution in [3.63, 3.8) is 0 Å². The first kappa shape index (κ1) is 9.51. The number of rotatable bonds is 4. The lowest BCUT2D eigenvalue weighted by Crippen LogP contribution is -2.30. The van der Waals surface area contributed by atoms with E-state index in [0.29, 0.717) is 0 Å². The summed E-state index contributed by atoms with van der Waals surface area (Å²) >= 11 is 0. The molecule has 0 heterocycles. The third-order valence-corrected chi connectivity index (χ3v) is 3.51. The Bertz CT molecular complexity index is 145. The summed E-state index contributed by atoms with van der Waals surface area (Å²) in [7, 11) is 0. The van der Waals surface area contributed by atoms with E-state index in [1.165, 1.54) is 51.4 Å². The molecule has 0 saturated heterocycles. The number of hydrogen-bond acceptors (Lipinski definition) is 1. The van der Waals surface area contributed by atoms with Crippen molar-refractivity contribution in [2.45, 2.75) is 70.4 Å². The number of hydrogen-bond donors (Lipinski definition) is 1. The molecule has 0 amide bonds. The minimum absolute atomic E-state index is 0.774. The zero-order valence-electron chi connectivity index (χ0n) is 8.89. The lowest BCUT2D eigenvalue weighted by Gasteiger charge is -2.25. The van der Waals surface area contributed by atoms with Crippen LogP contribution in [-0.4, -0.2) is 12.1 Å². The van der Waals surface area contributed by atoms with Crippen molar-refractivity contribution >= 4 is 0 Å². The fraction of sp³-hybridized carbons (Fsp3) is 1.00. The molecule has 0 bridgehead atoms. The van der Waals surface area contributed by atoms with Crippen LogP contribution in [0.4, 0.5) is 0 Å². The molecular formula is C12H23N. The van der Waals surface area contributed by atoms with Gasteiger partial charge in [-0.15, -0.1) is 0 Å². The molecule has 1 heteroatoms. The summed E-state index contributed by atoms with van der Waals surface area (Å²) in [5.74, 6) is 1.04. The Balaban J connectivity index is 1.62. The molecule has 0 spiro atoms. The first-order valence-electron chi connectivity index (χ1n) is 6.10. The number of nitrogens with one attached hydrogen (secondary N) is 1. The Morgan fingerprint density at radius 3 is 2.38 bits per heavy atom. The van der Waals surface area contributed by atoms with E-state index >= 15 is 0 Å². The monoisotopic (exact) mass is 181 g/mol. The van der Waals surface area contributed by atoms with Crippen molar-refractivity contribution in [2.24, 2.45) is 5.92 Å². The van der Waals surface area contributed by atoms with Gasteiger partial charge >= 0.3 is 0 Å². The lowest BCUT2D eigenvalue weighted by atomic mass is 9.85. The average molecular weight is 181 g/mol. The Kier molecular flexibility index (Phi) is 3.26. The predicted octanol–water partition coefficient (Wildman–Crippen LogP) is 3.10. The van der Waals surface area contributed by atoms with Gasteiger partial charge < -0.3 is 5.32 Å². The topological polar surface area (TPSA) is 12.0 Å². The van der Waals surface area contributed by atoms with E-state index in [1.54, 1.807) is 0 Å². The second-order valence-electron chi connectivity index (χ2n) is 5.08. The maximum absolute atomic E-state index is 3.70. The molecule has 1 unspecified atom stereocenters. The Morgan fingerprint density at radius 2 is 1.77 bits per heavy atom. The van der Waals surface area contributed by atoms with E-state index in [4.69, 9.17) is 0 Å². The van der Waals surface area contributed by atoms with Crippen LogP contribution >= 0.6 is 0 Å². The second kappa shape index (κ2) is 4.45. The average Bonchev–Trinajstić information content (AvgIpc) is 2.90. The van der Waals surface area contributed by atoms with Crippen LogP contribution in [0.5, 0.6) is 0 Å². The molecule has 0 aromatic rings. The molecule has 13 heavy (non-hydrogen) atoms. The molecule has 2 aliphatic rings. The third kappa shape index (κ3) is 3.30. The maximum Gasteiger partial charge on any atom is 0.00706 e. The van der Waals surface area contributed by atoms with Gasteiger partial charge in [0.05, 0.1) is 0 Å². The molecule has 0 radical (unpaired) electrons.